The molecule has 0 amide bonds. The molecule has 0 atom stereocenters. The normalized spacial score (nSPS) is 35.5. The number of rotatable bonds is 0. The van der Waals surface area contributed by atoms with Gasteiger partial charge in [0.05, 0.1) is 0 Å². The zero-order chi connectivity index (χ0) is 8.45. The van der Waals surface area contributed by atoms with Crippen LogP contribution in [0.25, 0.3) is 0 Å². The molecule has 1 nitrogen and oxygen atoms in total. The maximum atomic E-state index is 12.6. The molecule has 0 aromatic carbocycles. The van der Waals surface area contributed by atoms with Gasteiger partial charge in [-0.15, -0.1) is 12.4 Å². The van der Waals surface area contributed by atoms with Crippen LogP contribution >= 0.6 is 12.4 Å². The van der Waals surface area contributed by atoms with Crippen LogP contribution in [0.4, 0.5) is 8.78 Å². The van der Waals surface area contributed by atoms with Crippen LogP contribution in [0, 0.1) is 10.8 Å². The predicted octanol–water partition coefficient (Wildman–Crippen LogP) is 2.21. The lowest BCUT2D eigenvalue weighted by Crippen LogP contribution is -2.68. The summed E-state index contributed by atoms with van der Waals surface area (Å²) in [6.45, 7) is 2.14. The molecule has 1 saturated heterocycles. The number of nitrogens with one attached hydrogen (secondary N) is 1. The zero-order valence-corrected chi connectivity index (χ0v) is 8.22. The second-order valence-corrected chi connectivity index (χ2v) is 5.17. The van der Waals surface area contributed by atoms with Gasteiger partial charge in [0.25, 0.3) is 0 Å². The molecule has 2 spiro atoms. The van der Waals surface area contributed by atoms with Crippen LogP contribution in [0.1, 0.15) is 25.7 Å². The van der Waals surface area contributed by atoms with Crippen molar-refractivity contribution in [2.45, 2.75) is 31.6 Å². The molecule has 13 heavy (non-hydrogen) atoms. The summed E-state index contributed by atoms with van der Waals surface area (Å²) in [5.41, 5.74) is 0.530. The summed E-state index contributed by atoms with van der Waals surface area (Å²) in [5, 5.41) is 3.22. The average molecular weight is 210 g/mol. The van der Waals surface area contributed by atoms with Gasteiger partial charge in [-0.3, -0.25) is 0 Å². The quantitative estimate of drug-likeness (QED) is 0.645. The minimum atomic E-state index is -2.32. The first-order valence-corrected chi connectivity index (χ1v) is 4.62. The van der Waals surface area contributed by atoms with Crippen molar-refractivity contribution in [3.05, 3.63) is 0 Å². The Kier molecular flexibility index (Phi) is 1.76. The van der Waals surface area contributed by atoms with Crippen LogP contribution in [0.5, 0.6) is 0 Å². The molecule has 0 bridgehead atoms. The Balaban J connectivity index is 0.000000653. The summed E-state index contributed by atoms with van der Waals surface area (Å²) >= 11 is 0. The van der Waals surface area contributed by atoms with Gasteiger partial charge < -0.3 is 5.32 Å². The summed E-state index contributed by atoms with van der Waals surface area (Å²) in [4.78, 5) is 0. The van der Waals surface area contributed by atoms with Crippen molar-refractivity contribution in [1.29, 1.82) is 0 Å². The van der Waals surface area contributed by atoms with Crippen LogP contribution < -0.4 is 5.32 Å². The largest absolute Gasteiger partial charge is 0.316 e. The number of halogens is 3. The van der Waals surface area contributed by atoms with E-state index in [-0.39, 0.29) is 30.7 Å². The minimum absolute atomic E-state index is 0. The fraction of sp³-hybridized carbons (Fsp3) is 1.00. The molecule has 4 heteroatoms. The highest BCUT2D eigenvalue weighted by molar-refractivity contribution is 5.85. The molecule has 0 aromatic heterocycles. The van der Waals surface area contributed by atoms with Gasteiger partial charge >= 0.3 is 0 Å². The average Bonchev–Trinajstić information content (AvgIpc) is 1.70. The summed E-state index contributed by atoms with van der Waals surface area (Å²) in [6.07, 6.45) is 2.45. The van der Waals surface area contributed by atoms with E-state index >= 15 is 0 Å². The molecule has 0 aromatic rings. The van der Waals surface area contributed by atoms with Gasteiger partial charge in [0, 0.05) is 25.9 Å². The van der Waals surface area contributed by atoms with E-state index in [1.807, 2.05) is 0 Å². The highest BCUT2D eigenvalue weighted by Gasteiger charge is 2.67. The van der Waals surface area contributed by atoms with Crippen molar-refractivity contribution < 1.29 is 8.78 Å². The van der Waals surface area contributed by atoms with Gasteiger partial charge in [0.15, 0.2) is 0 Å². The molecule has 0 radical (unpaired) electrons. The first-order chi connectivity index (χ1) is 5.54. The van der Waals surface area contributed by atoms with Crippen LogP contribution in [0.3, 0.4) is 0 Å². The van der Waals surface area contributed by atoms with Crippen molar-refractivity contribution in [2.24, 2.45) is 10.8 Å². The Hall–Kier alpha value is 0.110. The maximum absolute atomic E-state index is 12.6. The molecule has 2 saturated carbocycles. The van der Waals surface area contributed by atoms with Crippen molar-refractivity contribution in [3.8, 4) is 0 Å². The Bertz CT molecular complexity index is 220. The molecule has 3 aliphatic rings. The smallest absolute Gasteiger partial charge is 0.249 e. The van der Waals surface area contributed by atoms with Gasteiger partial charge in [-0.2, -0.15) is 0 Å². The molecular formula is C9H14ClF2N. The van der Waals surface area contributed by atoms with Crippen LogP contribution in [0.15, 0.2) is 0 Å². The lowest BCUT2D eigenvalue weighted by Gasteiger charge is -2.66. The highest BCUT2D eigenvalue weighted by Crippen LogP contribution is 2.69. The zero-order valence-electron chi connectivity index (χ0n) is 7.41. The Morgan fingerprint density at radius 3 is 1.69 bits per heavy atom. The van der Waals surface area contributed by atoms with Crippen molar-refractivity contribution in [2.75, 3.05) is 13.1 Å². The summed E-state index contributed by atoms with van der Waals surface area (Å²) in [5.74, 6) is -2.32. The van der Waals surface area contributed by atoms with Gasteiger partial charge in [0.2, 0.25) is 5.92 Å². The number of hydrogen-bond acceptors (Lipinski definition) is 1. The third kappa shape index (κ3) is 1.20. The monoisotopic (exact) mass is 209 g/mol. The molecule has 2 aliphatic carbocycles. The van der Waals surface area contributed by atoms with E-state index in [0.29, 0.717) is 5.41 Å². The maximum Gasteiger partial charge on any atom is 0.249 e. The third-order valence-electron chi connectivity index (χ3n) is 3.77. The summed E-state index contributed by atoms with van der Waals surface area (Å²) in [6, 6.07) is 0. The van der Waals surface area contributed by atoms with E-state index in [9.17, 15) is 8.78 Å². The second-order valence-electron chi connectivity index (χ2n) is 5.17. The minimum Gasteiger partial charge on any atom is -0.316 e. The van der Waals surface area contributed by atoms with Crippen molar-refractivity contribution in [1.82, 2.24) is 5.32 Å². The van der Waals surface area contributed by atoms with E-state index in [1.165, 1.54) is 0 Å². The predicted molar refractivity (Wildman–Crippen MR) is 48.4 cm³/mol. The van der Waals surface area contributed by atoms with Crippen LogP contribution in [-0.2, 0) is 0 Å². The second kappa shape index (κ2) is 2.37. The lowest BCUT2D eigenvalue weighted by atomic mass is 9.42. The number of hydrogen-bond donors (Lipinski definition) is 1. The highest BCUT2D eigenvalue weighted by atomic mass is 35.5. The molecule has 3 rings (SSSR count). The standard InChI is InChI=1S/C9H13F2N.ClH/c10-9(11)3-7(4-9)1-8(2-7)5-12-6-8;/h12H,1-6H2;1H. The molecule has 1 aliphatic heterocycles. The first kappa shape index (κ1) is 9.66. The fourth-order valence-corrected chi connectivity index (χ4v) is 3.56. The SMILES string of the molecule is Cl.FC1(F)CC2(C1)CC1(CNC1)C2. The van der Waals surface area contributed by atoms with Gasteiger partial charge in [-0.25, -0.2) is 8.78 Å². The first-order valence-electron chi connectivity index (χ1n) is 4.62. The molecule has 0 unspecified atom stereocenters. The third-order valence-corrected chi connectivity index (χ3v) is 3.77. The van der Waals surface area contributed by atoms with E-state index in [1.54, 1.807) is 0 Å². The van der Waals surface area contributed by atoms with Gasteiger partial charge in [-0.05, 0) is 23.7 Å². The van der Waals surface area contributed by atoms with Crippen molar-refractivity contribution in [3.63, 3.8) is 0 Å². The van der Waals surface area contributed by atoms with Gasteiger partial charge in [-0.1, -0.05) is 0 Å². The number of alkyl halides is 2. The molecular weight excluding hydrogens is 196 g/mol. The molecule has 1 heterocycles. The Morgan fingerprint density at radius 2 is 1.38 bits per heavy atom. The van der Waals surface area contributed by atoms with E-state index in [2.05, 4.69) is 5.32 Å². The van der Waals surface area contributed by atoms with E-state index in [0.717, 1.165) is 25.9 Å². The summed E-state index contributed by atoms with van der Waals surface area (Å²) < 4.78 is 25.2. The Labute approximate surface area is 82.7 Å². The Morgan fingerprint density at radius 1 is 0.846 bits per heavy atom. The van der Waals surface area contributed by atoms with Gasteiger partial charge in [0.1, 0.15) is 0 Å². The van der Waals surface area contributed by atoms with E-state index < -0.39 is 5.92 Å². The summed E-state index contributed by atoms with van der Waals surface area (Å²) in [7, 11) is 0. The van der Waals surface area contributed by atoms with Crippen molar-refractivity contribution >= 4 is 12.4 Å². The lowest BCUT2D eigenvalue weighted by molar-refractivity contribution is -0.239. The van der Waals surface area contributed by atoms with E-state index in [4.69, 9.17) is 0 Å². The molecule has 3 fully saturated rings. The fourth-order valence-electron chi connectivity index (χ4n) is 3.56. The topological polar surface area (TPSA) is 12.0 Å². The molecule has 1 N–H and O–H groups in total. The molecule has 76 valence electrons. The van der Waals surface area contributed by atoms with Crippen LogP contribution in [-0.4, -0.2) is 19.0 Å². The van der Waals surface area contributed by atoms with Crippen LogP contribution in [0.2, 0.25) is 0 Å².